The summed E-state index contributed by atoms with van der Waals surface area (Å²) in [7, 11) is 3.09. The highest BCUT2D eigenvalue weighted by Gasteiger charge is 2.28. The molecule has 2 amide bonds. The number of amides is 2. The largest absolute Gasteiger partial charge is 0.496 e. The molecular formula is C18H26N2O5. The molecule has 0 bridgehead atoms. The number of carboxylic acids is 1. The molecule has 7 nitrogen and oxygen atoms in total. The van der Waals surface area contributed by atoms with Gasteiger partial charge in [0, 0.05) is 20.0 Å². The summed E-state index contributed by atoms with van der Waals surface area (Å²) in [4.78, 5) is 37.2. The molecule has 0 aliphatic carbocycles. The minimum Gasteiger partial charge on any atom is -0.496 e. The van der Waals surface area contributed by atoms with Crippen molar-refractivity contribution in [3.8, 4) is 5.75 Å². The third-order valence-corrected chi connectivity index (χ3v) is 3.83. The standard InChI is InChI=1S/C18H26N2O5/c1-12(2)16(18(24)20(3)11-7-10-15(21)22)19-17(23)13-8-5-6-9-14(13)25-4/h5-6,8-9,12,16H,7,10-11H2,1-4H3,(H,19,23)(H,21,22). The van der Waals surface area contributed by atoms with Crippen LogP contribution < -0.4 is 10.1 Å². The van der Waals surface area contributed by atoms with E-state index in [0.29, 0.717) is 24.3 Å². The van der Waals surface area contributed by atoms with Crippen LogP contribution in [0.3, 0.4) is 0 Å². The van der Waals surface area contributed by atoms with Gasteiger partial charge in [-0.05, 0) is 24.5 Å². The number of nitrogens with one attached hydrogen (secondary N) is 1. The van der Waals surface area contributed by atoms with E-state index < -0.39 is 12.0 Å². The zero-order valence-electron chi connectivity index (χ0n) is 15.1. The molecule has 1 rings (SSSR count). The lowest BCUT2D eigenvalue weighted by atomic mass is 10.0. The third kappa shape index (κ3) is 6.10. The molecule has 138 valence electrons. The first-order chi connectivity index (χ1) is 11.8. The van der Waals surface area contributed by atoms with Crippen LogP contribution in [0.2, 0.25) is 0 Å². The van der Waals surface area contributed by atoms with E-state index in [1.165, 1.54) is 12.0 Å². The molecule has 0 aromatic heterocycles. The summed E-state index contributed by atoms with van der Waals surface area (Å²) >= 11 is 0. The molecule has 0 aliphatic heterocycles. The number of hydrogen-bond acceptors (Lipinski definition) is 4. The average molecular weight is 350 g/mol. The van der Waals surface area contributed by atoms with Gasteiger partial charge in [0.15, 0.2) is 0 Å². The van der Waals surface area contributed by atoms with Crippen molar-refractivity contribution in [1.82, 2.24) is 10.2 Å². The van der Waals surface area contributed by atoms with Crippen LogP contribution in [0.15, 0.2) is 24.3 Å². The zero-order valence-corrected chi connectivity index (χ0v) is 15.1. The number of para-hydroxylation sites is 1. The van der Waals surface area contributed by atoms with Gasteiger partial charge in [-0.3, -0.25) is 14.4 Å². The Morgan fingerprint density at radius 1 is 1.24 bits per heavy atom. The molecular weight excluding hydrogens is 324 g/mol. The Hall–Kier alpha value is -2.57. The molecule has 0 fully saturated rings. The van der Waals surface area contributed by atoms with Crippen LogP contribution in [0.1, 0.15) is 37.0 Å². The number of aliphatic carboxylic acids is 1. The van der Waals surface area contributed by atoms with Gasteiger partial charge in [-0.2, -0.15) is 0 Å². The minimum atomic E-state index is -0.897. The van der Waals surface area contributed by atoms with Crippen molar-refractivity contribution in [2.75, 3.05) is 20.7 Å². The number of carboxylic acid groups (broad SMARTS) is 1. The monoisotopic (exact) mass is 350 g/mol. The second kappa shape index (κ2) is 9.66. The van der Waals surface area contributed by atoms with E-state index in [4.69, 9.17) is 9.84 Å². The lowest BCUT2D eigenvalue weighted by Crippen LogP contribution is -2.50. The topological polar surface area (TPSA) is 95.9 Å². The highest BCUT2D eigenvalue weighted by Crippen LogP contribution is 2.18. The Morgan fingerprint density at radius 2 is 1.88 bits per heavy atom. The number of carbonyl (C=O) groups excluding carboxylic acids is 2. The highest BCUT2D eigenvalue weighted by atomic mass is 16.5. The number of benzene rings is 1. The van der Waals surface area contributed by atoms with Crippen molar-refractivity contribution in [2.24, 2.45) is 5.92 Å². The van der Waals surface area contributed by atoms with Crippen molar-refractivity contribution < 1.29 is 24.2 Å². The maximum atomic E-state index is 12.6. The molecule has 0 saturated carbocycles. The maximum absolute atomic E-state index is 12.6. The second-order valence-electron chi connectivity index (χ2n) is 6.15. The van der Waals surface area contributed by atoms with Gasteiger partial charge in [-0.25, -0.2) is 0 Å². The molecule has 2 N–H and O–H groups in total. The summed E-state index contributed by atoms with van der Waals surface area (Å²) in [6.07, 6.45) is 0.361. The normalized spacial score (nSPS) is 11.7. The molecule has 1 aromatic rings. The van der Waals surface area contributed by atoms with Gasteiger partial charge in [-0.15, -0.1) is 0 Å². The third-order valence-electron chi connectivity index (χ3n) is 3.83. The lowest BCUT2D eigenvalue weighted by Gasteiger charge is -2.27. The first-order valence-electron chi connectivity index (χ1n) is 8.18. The Balaban J connectivity index is 2.80. The van der Waals surface area contributed by atoms with E-state index in [-0.39, 0.29) is 24.2 Å². The van der Waals surface area contributed by atoms with Crippen LogP contribution in [0, 0.1) is 5.92 Å². The molecule has 7 heteroatoms. The Bertz CT molecular complexity index is 615. The van der Waals surface area contributed by atoms with Gasteiger partial charge in [0.1, 0.15) is 11.8 Å². The minimum absolute atomic E-state index is 0.00244. The van der Waals surface area contributed by atoms with E-state index >= 15 is 0 Å². The Morgan fingerprint density at radius 3 is 2.44 bits per heavy atom. The Kier molecular flexibility index (Phi) is 7.91. The molecule has 0 heterocycles. The fourth-order valence-corrected chi connectivity index (χ4v) is 2.38. The van der Waals surface area contributed by atoms with Crippen LogP contribution in [0.4, 0.5) is 0 Å². The number of ether oxygens (including phenoxy) is 1. The van der Waals surface area contributed by atoms with Crippen LogP contribution in [-0.2, 0) is 9.59 Å². The van der Waals surface area contributed by atoms with Crippen LogP contribution in [-0.4, -0.2) is 54.5 Å². The van der Waals surface area contributed by atoms with Gasteiger partial charge in [0.2, 0.25) is 5.91 Å². The summed E-state index contributed by atoms with van der Waals surface area (Å²) in [5.41, 5.74) is 0.358. The number of likely N-dealkylation sites (N-methyl/N-ethyl adjacent to an activating group) is 1. The Labute approximate surface area is 148 Å². The molecule has 25 heavy (non-hydrogen) atoms. The van der Waals surface area contributed by atoms with Gasteiger partial charge >= 0.3 is 5.97 Å². The van der Waals surface area contributed by atoms with Gasteiger partial charge in [0.25, 0.3) is 5.91 Å². The number of rotatable bonds is 9. The predicted molar refractivity (Wildman–Crippen MR) is 93.6 cm³/mol. The SMILES string of the molecule is COc1ccccc1C(=O)NC(C(=O)N(C)CCCC(=O)O)C(C)C. The number of nitrogens with zero attached hydrogens (tertiary/aromatic N) is 1. The van der Waals surface area contributed by atoms with Crippen molar-refractivity contribution in [3.05, 3.63) is 29.8 Å². The van der Waals surface area contributed by atoms with Gasteiger partial charge < -0.3 is 20.1 Å². The predicted octanol–water partition coefficient (Wildman–Crippen LogP) is 1.77. The number of methoxy groups -OCH3 is 1. The fourth-order valence-electron chi connectivity index (χ4n) is 2.38. The number of carbonyl (C=O) groups is 3. The molecule has 0 spiro atoms. The van der Waals surface area contributed by atoms with Crippen LogP contribution in [0.25, 0.3) is 0 Å². The van der Waals surface area contributed by atoms with E-state index in [0.717, 1.165) is 0 Å². The van der Waals surface area contributed by atoms with Crippen molar-refractivity contribution in [3.63, 3.8) is 0 Å². The maximum Gasteiger partial charge on any atom is 0.303 e. The highest BCUT2D eigenvalue weighted by molar-refractivity contribution is 5.99. The summed E-state index contributed by atoms with van der Waals surface area (Å²) in [6.45, 7) is 4.01. The van der Waals surface area contributed by atoms with Crippen molar-refractivity contribution in [2.45, 2.75) is 32.7 Å². The van der Waals surface area contributed by atoms with Crippen molar-refractivity contribution >= 4 is 17.8 Å². The van der Waals surface area contributed by atoms with E-state index in [1.807, 2.05) is 13.8 Å². The van der Waals surface area contributed by atoms with Crippen LogP contribution >= 0.6 is 0 Å². The quantitative estimate of drug-likeness (QED) is 0.708. The van der Waals surface area contributed by atoms with Crippen molar-refractivity contribution in [1.29, 1.82) is 0 Å². The summed E-state index contributed by atoms with van der Waals surface area (Å²) < 4.78 is 5.18. The first kappa shape index (κ1) is 20.5. The lowest BCUT2D eigenvalue weighted by molar-refractivity contribution is -0.138. The van der Waals surface area contributed by atoms with Gasteiger partial charge in [-0.1, -0.05) is 26.0 Å². The number of hydrogen-bond donors (Lipinski definition) is 2. The summed E-state index contributed by atoms with van der Waals surface area (Å²) in [5.74, 6) is -1.21. The average Bonchev–Trinajstić information content (AvgIpc) is 2.58. The van der Waals surface area contributed by atoms with E-state index in [2.05, 4.69) is 5.32 Å². The summed E-state index contributed by atoms with van der Waals surface area (Å²) in [6, 6.07) is 6.09. The molecule has 1 atom stereocenters. The molecule has 0 aliphatic rings. The first-order valence-corrected chi connectivity index (χ1v) is 8.18. The molecule has 0 radical (unpaired) electrons. The van der Waals surface area contributed by atoms with Gasteiger partial charge in [0.05, 0.1) is 12.7 Å². The fraction of sp³-hybridized carbons (Fsp3) is 0.500. The van der Waals surface area contributed by atoms with Crippen LogP contribution in [0.5, 0.6) is 5.75 Å². The molecule has 1 unspecified atom stereocenters. The van der Waals surface area contributed by atoms with E-state index in [9.17, 15) is 14.4 Å². The molecule has 0 saturated heterocycles. The van der Waals surface area contributed by atoms with E-state index in [1.54, 1.807) is 31.3 Å². The molecule has 1 aromatic carbocycles. The smallest absolute Gasteiger partial charge is 0.303 e. The summed E-state index contributed by atoms with van der Waals surface area (Å²) in [5, 5.41) is 11.4. The second-order valence-corrected chi connectivity index (χ2v) is 6.15. The zero-order chi connectivity index (χ0) is 19.0.